The Kier molecular flexibility index (Phi) is 5.15. The maximum Gasteiger partial charge on any atom is 0.218 e. The van der Waals surface area contributed by atoms with Crippen molar-refractivity contribution in [1.82, 2.24) is 4.31 Å². The molecule has 0 radical (unpaired) electrons. The monoisotopic (exact) mass is 298 g/mol. The first-order valence-electron chi connectivity index (χ1n) is 6.83. The number of nitrogens with two attached hydrogens (primary N) is 1. The molecule has 1 aromatic carbocycles. The standard InChI is InChI=1S/C14H22N2O3S/c1-19-9-8-16(14-6-7-14)20(17,18)11-13-4-2-12(10-15)3-5-13/h2-5,14H,6-11,15H2,1H3. The quantitative estimate of drug-likeness (QED) is 0.779. The van der Waals surface area contributed by atoms with Gasteiger partial charge in [-0.15, -0.1) is 0 Å². The van der Waals surface area contributed by atoms with E-state index in [1.807, 2.05) is 24.3 Å². The third kappa shape index (κ3) is 4.02. The van der Waals surface area contributed by atoms with Crippen LogP contribution in [0, 0.1) is 0 Å². The van der Waals surface area contributed by atoms with Crippen molar-refractivity contribution in [2.24, 2.45) is 5.73 Å². The van der Waals surface area contributed by atoms with Gasteiger partial charge in [-0.3, -0.25) is 0 Å². The van der Waals surface area contributed by atoms with E-state index in [0.29, 0.717) is 19.7 Å². The maximum atomic E-state index is 12.5. The van der Waals surface area contributed by atoms with Gasteiger partial charge in [0.15, 0.2) is 0 Å². The molecule has 0 amide bonds. The van der Waals surface area contributed by atoms with E-state index < -0.39 is 10.0 Å². The van der Waals surface area contributed by atoms with Crippen LogP contribution in [0.25, 0.3) is 0 Å². The summed E-state index contributed by atoms with van der Waals surface area (Å²) in [6, 6.07) is 7.59. The van der Waals surface area contributed by atoms with Crippen molar-refractivity contribution in [1.29, 1.82) is 0 Å². The van der Waals surface area contributed by atoms with Gasteiger partial charge < -0.3 is 10.5 Å². The highest BCUT2D eigenvalue weighted by atomic mass is 32.2. The van der Waals surface area contributed by atoms with Crippen LogP contribution in [0.15, 0.2) is 24.3 Å². The lowest BCUT2D eigenvalue weighted by Crippen LogP contribution is -2.36. The van der Waals surface area contributed by atoms with E-state index in [1.54, 1.807) is 11.4 Å². The summed E-state index contributed by atoms with van der Waals surface area (Å²) in [6.45, 7) is 1.33. The summed E-state index contributed by atoms with van der Waals surface area (Å²) in [5.41, 5.74) is 7.34. The average Bonchev–Trinajstić information content (AvgIpc) is 3.24. The van der Waals surface area contributed by atoms with Crippen LogP contribution in [0.2, 0.25) is 0 Å². The van der Waals surface area contributed by atoms with Crippen LogP contribution in [0.5, 0.6) is 0 Å². The molecule has 20 heavy (non-hydrogen) atoms. The normalized spacial score (nSPS) is 15.8. The second-order valence-electron chi connectivity index (χ2n) is 5.11. The minimum atomic E-state index is -3.28. The Labute approximate surface area is 120 Å². The summed E-state index contributed by atoms with van der Waals surface area (Å²) in [4.78, 5) is 0. The summed E-state index contributed by atoms with van der Waals surface area (Å²) >= 11 is 0. The second kappa shape index (κ2) is 6.67. The molecule has 1 saturated carbocycles. The van der Waals surface area contributed by atoms with Gasteiger partial charge in [-0.2, -0.15) is 4.31 Å². The molecule has 5 nitrogen and oxygen atoms in total. The summed E-state index contributed by atoms with van der Waals surface area (Å²) in [7, 11) is -1.70. The molecule has 0 unspecified atom stereocenters. The lowest BCUT2D eigenvalue weighted by Gasteiger charge is -2.21. The fraction of sp³-hybridized carbons (Fsp3) is 0.571. The molecule has 0 spiro atoms. The van der Waals surface area contributed by atoms with Crippen LogP contribution in [-0.2, 0) is 27.1 Å². The van der Waals surface area contributed by atoms with Gasteiger partial charge in [0.25, 0.3) is 0 Å². The van der Waals surface area contributed by atoms with E-state index >= 15 is 0 Å². The zero-order valence-electron chi connectivity index (χ0n) is 11.8. The Hall–Kier alpha value is -0.950. The molecule has 0 atom stereocenters. The molecule has 0 aliphatic heterocycles. The molecule has 112 valence electrons. The van der Waals surface area contributed by atoms with Crippen LogP contribution in [0.1, 0.15) is 24.0 Å². The number of benzene rings is 1. The predicted molar refractivity (Wildman–Crippen MR) is 78.6 cm³/mol. The summed E-state index contributed by atoms with van der Waals surface area (Å²) in [5, 5.41) is 0. The first-order valence-corrected chi connectivity index (χ1v) is 8.44. The van der Waals surface area contributed by atoms with Gasteiger partial charge >= 0.3 is 0 Å². The van der Waals surface area contributed by atoms with Crippen LogP contribution >= 0.6 is 0 Å². The van der Waals surface area contributed by atoms with Crippen molar-refractivity contribution in [3.05, 3.63) is 35.4 Å². The van der Waals surface area contributed by atoms with Gasteiger partial charge in [-0.1, -0.05) is 24.3 Å². The van der Waals surface area contributed by atoms with Crippen molar-refractivity contribution in [2.75, 3.05) is 20.3 Å². The van der Waals surface area contributed by atoms with E-state index in [4.69, 9.17) is 10.5 Å². The molecule has 6 heteroatoms. The van der Waals surface area contributed by atoms with E-state index in [-0.39, 0.29) is 11.8 Å². The Balaban J connectivity index is 2.07. The van der Waals surface area contributed by atoms with Crippen LogP contribution in [-0.4, -0.2) is 39.0 Å². The molecule has 0 saturated heterocycles. The van der Waals surface area contributed by atoms with Crippen molar-refractivity contribution >= 4 is 10.0 Å². The van der Waals surface area contributed by atoms with E-state index in [1.165, 1.54) is 0 Å². The SMILES string of the molecule is COCCN(C1CC1)S(=O)(=O)Cc1ccc(CN)cc1. The minimum absolute atomic E-state index is 0.0397. The summed E-state index contributed by atoms with van der Waals surface area (Å²) < 4.78 is 31.6. The number of sulfonamides is 1. The highest BCUT2D eigenvalue weighted by Crippen LogP contribution is 2.30. The van der Waals surface area contributed by atoms with Crippen molar-refractivity contribution < 1.29 is 13.2 Å². The molecule has 0 heterocycles. The van der Waals surface area contributed by atoms with Gasteiger partial charge in [0, 0.05) is 26.2 Å². The zero-order valence-corrected chi connectivity index (χ0v) is 12.6. The first-order chi connectivity index (χ1) is 9.56. The van der Waals surface area contributed by atoms with Gasteiger partial charge in [-0.25, -0.2) is 8.42 Å². The number of hydrogen-bond acceptors (Lipinski definition) is 4. The van der Waals surface area contributed by atoms with Gasteiger partial charge in [0.2, 0.25) is 10.0 Å². The summed E-state index contributed by atoms with van der Waals surface area (Å²) in [5.74, 6) is 0.0397. The number of methoxy groups -OCH3 is 1. The lowest BCUT2D eigenvalue weighted by atomic mass is 10.1. The molecule has 2 rings (SSSR count). The molecule has 1 aromatic rings. The third-order valence-corrected chi connectivity index (χ3v) is 5.33. The highest BCUT2D eigenvalue weighted by Gasteiger charge is 2.36. The smallest absolute Gasteiger partial charge is 0.218 e. The zero-order chi connectivity index (χ0) is 14.6. The van der Waals surface area contributed by atoms with E-state index in [2.05, 4.69) is 0 Å². The molecule has 1 aliphatic rings. The van der Waals surface area contributed by atoms with Crippen molar-refractivity contribution in [3.63, 3.8) is 0 Å². The van der Waals surface area contributed by atoms with Crippen LogP contribution in [0.4, 0.5) is 0 Å². The Morgan fingerprint density at radius 3 is 2.35 bits per heavy atom. The molecule has 0 aromatic heterocycles. The van der Waals surface area contributed by atoms with Crippen LogP contribution in [0.3, 0.4) is 0 Å². The number of hydrogen-bond donors (Lipinski definition) is 1. The number of rotatable bonds is 8. The van der Waals surface area contributed by atoms with Crippen molar-refractivity contribution in [3.8, 4) is 0 Å². The lowest BCUT2D eigenvalue weighted by molar-refractivity contribution is 0.177. The predicted octanol–water partition coefficient (Wildman–Crippen LogP) is 1.09. The molecule has 0 bridgehead atoms. The molecule has 2 N–H and O–H groups in total. The molecular formula is C14H22N2O3S. The van der Waals surface area contributed by atoms with E-state index in [0.717, 1.165) is 24.0 Å². The van der Waals surface area contributed by atoms with Crippen molar-refractivity contribution in [2.45, 2.75) is 31.2 Å². The van der Waals surface area contributed by atoms with Crippen LogP contribution < -0.4 is 5.73 Å². The largest absolute Gasteiger partial charge is 0.383 e. The van der Waals surface area contributed by atoms with Gasteiger partial charge in [-0.05, 0) is 24.0 Å². The topological polar surface area (TPSA) is 72.6 Å². The highest BCUT2D eigenvalue weighted by molar-refractivity contribution is 7.88. The Morgan fingerprint density at radius 2 is 1.85 bits per heavy atom. The Bertz CT molecular complexity index is 524. The average molecular weight is 298 g/mol. The van der Waals surface area contributed by atoms with Gasteiger partial charge in [0.1, 0.15) is 0 Å². The summed E-state index contributed by atoms with van der Waals surface area (Å²) in [6.07, 6.45) is 1.91. The second-order valence-corrected chi connectivity index (χ2v) is 7.03. The van der Waals surface area contributed by atoms with Gasteiger partial charge in [0.05, 0.1) is 12.4 Å². The molecule has 1 fully saturated rings. The minimum Gasteiger partial charge on any atom is -0.383 e. The third-order valence-electron chi connectivity index (χ3n) is 3.43. The number of ether oxygens (including phenoxy) is 1. The maximum absolute atomic E-state index is 12.5. The first kappa shape index (κ1) is 15.4. The number of nitrogens with zero attached hydrogens (tertiary/aromatic N) is 1. The fourth-order valence-corrected chi connectivity index (χ4v) is 3.95. The molecule has 1 aliphatic carbocycles. The fourth-order valence-electron chi connectivity index (χ4n) is 2.16. The van der Waals surface area contributed by atoms with E-state index in [9.17, 15) is 8.42 Å². The Morgan fingerprint density at radius 1 is 1.25 bits per heavy atom. The molecular weight excluding hydrogens is 276 g/mol.